The van der Waals surface area contributed by atoms with Crippen LogP contribution in [0.5, 0.6) is 5.75 Å². The summed E-state index contributed by atoms with van der Waals surface area (Å²) in [5.74, 6) is 0.285. The highest BCUT2D eigenvalue weighted by atomic mass is 16.5. The van der Waals surface area contributed by atoms with Gasteiger partial charge >= 0.3 is 0 Å². The molecule has 0 aliphatic heterocycles. The standard InChI is InChI=1S/C11H14N2O2/c1-2-7-5-9(11(12)14)13-6-10(7)15-8-3-4-8/h5-6,8H,2-4H2,1H3,(H2,12,14). The number of aryl methyl sites for hydroxylation is 1. The predicted octanol–water partition coefficient (Wildman–Crippen LogP) is 1.28. The molecule has 4 nitrogen and oxygen atoms in total. The Hall–Kier alpha value is -1.58. The number of amides is 1. The van der Waals surface area contributed by atoms with Crippen molar-refractivity contribution < 1.29 is 9.53 Å². The number of pyridine rings is 1. The van der Waals surface area contributed by atoms with E-state index >= 15 is 0 Å². The molecule has 1 aliphatic rings. The molecular weight excluding hydrogens is 192 g/mol. The highest BCUT2D eigenvalue weighted by Gasteiger charge is 2.24. The number of hydrogen-bond acceptors (Lipinski definition) is 3. The van der Waals surface area contributed by atoms with Crippen LogP contribution in [0.15, 0.2) is 12.3 Å². The summed E-state index contributed by atoms with van der Waals surface area (Å²) in [6.07, 6.45) is 4.97. The molecule has 80 valence electrons. The first-order valence-electron chi connectivity index (χ1n) is 5.16. The normalized spacial score (nSPS) is 15.0. The first-order chi connectivity index (χ1) is 7.20. The van der Waals surface area contributed by atoms with E-state index in [9.17, 15) is 4.79 Å². The molecule has 0 saturated heterocycles. The van der Waals surface area contributed by atoms with Crippen molar-refractivity contribution in [3.8, 4) is 5.75 Å². The summed E-state index contributed by atoms with van der Waals surface area (Å²) in [5.41, 5.74) is 6.45. The number of carbonyl (C=O) groups is 1. The third-order valence-corrected chi connectivity index (χ3v) is 2.40. The quantitative estimate of drug-likeness (QED) is 0.807. The monoisotopic (exact) mass is 206 g/mol. The van der Waals surface area contributed by atoms with Crippen molar-refractivity contribution in [2.24, 2.45) is 5.73 Å². The van der Waals surface area contributed by atoms with E-state index < -0.39 is 5.91 Å². The van der Waals surface area contributed by atoms with Crippen LogP contribution in [0.25, 0.3) is 0 Å². The summed E-state index contributed by atoms with van der Waals surface area (Å²) < 4.78 is 5.67. The van der Waals surface area contributed by atoms with Gasteiger partial charge in [0.05, 0.1) is 12.3 Å². The molecule has 2 rings (SSSR count). The number of aromatic nitrogens is 1. The maximum absolute atomic E-state index is 10.9. The predicted molar refractivity (Wildman–Crippen MR) is 55.8 cm³/mol. The van der Waals surface area contributed by atoms with Crippen LogP contribution in [0.2, 0.25) is 0 Å². The van der Waals surface area contributed by atoms with Crippen LogP contribution in [0.4, 0.5) is 0 Å². The Labute approximate surface area is 88.4 Å². The second-order valence-electron chi connectivity index (χ2n) is 3.71. The van der Waals surface area contributed by atoms with Gasteiger partial charge in [0.15, 0.2) is 0 Å². The van der Waals surface area contributed by atoms with Gasteiger partial charge in [-0.25, -0.2) is 4.98 Å². The van der Waals surface area contributed by atoms with Crippen molar-refractivity contribution in [3.05, 3.63) is 23.5 Å². The highest BCUT2D eigenvalue weighted by molar-refractivity contribution is 5.91. The average molecular weight is 206 g/mol. The summed E-state index contributed by atoms with van der Waals surface area (Å²) in [4.78, 5) is 14.9. The summed E-state index contributed by atoms with van der Waals surface area (Å²) in [5, 5.41) is 0. The van der Waals surface area contributed by atoms with Crippen LogP contribution in [-0.4, -0.2) is 17.0 Å². The van der Waals surface area contributed by atoms with Crippen molar-refractivity contribution >= 4 is 5.91 Å². The summed E-state index contributed by atoms with van der Waals surface area (Å²) in [6, 6.07) is 1.71. The second-order valence-corrected chi connectivity index (χ2v) is 3.71. The van der Waals surface area contributed by atoms with E-state index in [2.05, 4.69) is 4.98 Å². The molecule has 4 heteroatoms. The van der Waals surface area contributed by atoms with E-state index in [4.69, 9.17) is 10.5 Å². The average Bonchev–Trinajstić information content (AvgIpc) is 3.02. The van der Waals surface area contributed by atoms with Gasteiger partial charge in [0.25, 0.3) is 5.91 Å². The third kappa shape index (κ3) is 2.26. The molecule has 1 aromatic heterocycles. The fourth-order valence-electron chi connectivity index (χ4n) is 1.37. The number of carbonyl (C=O) groups excluding carboxylic acids is 1. The van der Waals surface area contributed by atoms with Gasteiger partial charge < -0.3 is 10.5 Å². The maximum atomic E-state index is 10.9. The van der Waals surface area contributed by atoms with Gasteiger partial charge in [0.1, 0.15) is 11.4 Å². The highest BCUT2D eigenvalue weighted by Crippen LogP contribution is 2.29. The molecule has 1 aromatic rings. The number of primary amides is 1. The molecule has 1 aliphatic carbocycles. The zero-order chi connectivity index (χ0) is 10.8. The molecule has 2 N–H and O–H groups in total. The molecule has 0 atom stereocenters. The van der Waals surface area contributed by atoms with Crippen LogP contribution in [0.3, 0.4) is 0 Å². The van der Waals surface area contributed by atoms with Crippen molar-refractivity contribution in [2.45, 2.75) is 32.3 Å². The molecule has 1 amide bonds. The Balaban J connectivity index is 2.25. The molecule has 0 spiro atoms. The van der Waals surface area contributed by atoms with Gasteiger partial charge in [0.2, 0.25) is 0 Å². The first-order valence-corrected chi connectivity index (χ1v) is 5.16. The van der Waals surface area contributed by atoms with Gasteiger partial charge in [-0.2, -0.15) is 0 Å². The fourth-order valence-corrected chi connectivity index (χ4v) is 1.37. The van der Waals surface area contributed by atoms with Crippen molar-refractivity contribution in [2.75, 3.05) is 0 Å². The molecule has 0 radical (unpaired) electrons. The summed E-state index contributed by atoms with van der Waals surface area (Å²) in [6.45, 7) is 2.01. The number of nitrogens with zero attached hydrogens (tertiary/aromatic N) is 1. The summed E-state index contributed by atoms with van der Waals surface area (Å²) in [7, 11) is 0. The fraction of sp³-hybridized carbons (Fsp3) is 0.455. The van der Waals surface area contributed by atoms with E-state index in [0.717, 1.165) is 30.6 Å². The van der Waals surface area contributed by atoms with Crippen LogP contribution in [0.1, 0.15) is 35.8 Å². The minimum Gasteiger partial charge on any atom is -0.489 e. The van der Waals surface area contributed by atoms with Crippen LogP contribution < -0.4 is 10.5 Å². The van der Waals surface area contributed by atoms with Gasteiger partial charge in [0, 0.05) is 0 Å². The number of hydrogen-bond donors (Lipinski definition) is 1. The lowest BCUT2D eigenvalue weighted by Gasteiger charge is -2.09. The van der Waals surface area contributed by atoms with E-state index in [1.54, 1.807) is 12.3 Å². The SMILES string of the molecule is CCc1cc(C(N)=O)ncc1OC1CC1. The molecule has 1 heterocycles. The maximum Gasteiger partial charge on any atom is 0.267 e. The Morgan fingerprint density at radius 1 is 1.67 bits per heavy atom. The number of rotatable bonds is 4. The second kappa shape index (κ2) is 3.88. The van der Waals surface area contributed by atoms with Crippen molar-refractivity contribution in [3.63, 3.8) is 0 Å². The van der Waals surface area contributed by atoms with E-state index in [-0.39, 0.29) is 0 Å². The molecule has 0 unspecified atom stereocenters. The Kier molecular flexibility index (Phi) is 2.58. The Bertz CT molecular complexity index is 386. The van der Waals surface area contributed by atoms with E-state index in [0.29, 0.717) is 11.8 Å². The molecular formula is C11H14N2O2. The minimum absolute atomic E-state index is 0.301. The van der Waals surface area contributed by atoms with Crippen LogP contribution in [-0.2, 0) is 6.42 Å². The van der Waals surface area contributed by atoms with Gasteiger partial charge in [-0.3, -0.25) is 4.79 Å². The van der Waals surface area contributed by atoms with Crippen molar-refractivity contribution in [1.82, 2.24) is 4.98 Å². The molecule has 15 heavy (non-hydrogen) atoms. The van der Waals surface area contributed by atoms with Crippen LogP contribution in [0, 0.1) is 0 Å². The largest absolute Gasteiger partial charge is 0.489 e. The van der Waals surface area contributed by atoms with Crippen molar-refractivity contribution in [1.29, 1.82) is 0 Å². The summed E-state index contributed by atoms with van der Waals surface area (Å²) >= 11 is 0. The zero-order valence-corrected chi connectivity index (χ0v) is 8.69. The zero-order valence-electron chi connectivity index (χ0n) is 8.69. The number of ether oxygens (including phenoxy) is 1. The number of nitrogens with two attached hydrogens (primary N) is 1. The molecule has 0 bridgehead atoms. The Morgan fingerprint density at radius 2 is 2.40 bits per heavy atom. The van der Waals surface area contributed by atoms with E-state index in [1.165, 1.54) is 0 Å². The van der Waals surface area contributed by atoms with Gasteiger partial charge in [-0.05, 0) is 30.9 Å². The third-order valence-electron chi connectivity index (χ3n) is 2.40. The Morgan fingerprint density at radius 3 is 2.93 bits per heavy atom. The lowest BCUT2D eigenvalue weighted by Crippen LogP contribution is -2.14. The lowest BCUT2D eigenvalue weighted by molar-refractivity contribution is 0.0995. The topological polar surface area (TPSA) is 65.2 Å². The molecule has 1 saturated carbocycles. The lowest BCUT2D eigenvalue weighted by atomic mass is 10.1. The molecule has 1 fully saturated rings. The van der Waals surface area contributed by atoms with Gasteiger partial charge in [-0.15, -0.1) is 0 Å². The first kappa shape index (κ1) is 9.96. The smallest absolute Gasteiger partial charge is 0.267 e. The van der Waals surface area contributed by atoms with Crippen LogP contribution >= 0.6 is 0 Å². The molecule has 0 aromatic carbocycles. The van der Waals surface area contributed by atoms with E-state index in [1.807, 2.05) is 6.92 Å². The van der Waals surface area contributed by atoms with Gasteiger partial charge in [-0.1, -0.05) is 6.92 Å². The minimum atomic E-state index is -0.498.